The topological polar surface area (TPSA) is 43.9 Å². The molecule has 0 aliphatic carbocycles. The minimum absolute atomic E-state index is 0.689. The van der Waals surface area contributed by atoms with Gasteiger partial charge in [-0.25, -0.2) is 9.97 Å². The average Bonchev–Trinajstić information content (AvgIpc) is 3.71. The summed E-state index contributed by atoms with van der Waals surface area (Å²) in [6, 6.07) is 57.2. The Kier molecular flexibility index (Phi) is 5.84. The van der Waals surface area contributed by atoms with Gasteiger partial charge in [0.1, 0.15) is 11.2 Å². The van der Waals surface area contributed by atoms with Gasteiger partial charge in [-0.05, 0) is 65.7 Å². The van der Waals surface area contributed by atoms with E-state index in [4.69, 9.17) is 14.4 Å². The number of hydrogen-bond acceptors (Lipinski definition) is 3. The summed E-state index contributed by atoms with van der Waals surface area (Å²) in [4.78, 5) is 10.6. The van der Waals surface area contributed by atoms with E-state index in [-0.39, 0.29) is 0 Å². The maximum atomic E-state index is 6.35. The van der Waals surface area contributed by atoms with Gasteiger partial charge in [0.15, 0.2) is 5.82 Å². The van der Waals surface area contributed by atoms with Crippen molar-refractivity contribution < 1.29 is 4.42 Å². The standard InChI is InChI=1S/C44H27N3O/c1-3-12-28(13-4-1)29-14-11-15-31(26-29)44-45-36-23-25-40-41(34-19-8-10-21-39(34)48-40)42(36)43(46-44)30-22-24-38-35(27-30)33-18-7-9-20-37(33)47(38)32-16-5-2-6-17-32/h1-27H. The lowest BCUT2D eigenvalue weighted by atomic mass is 9.99. The molecule has 3 heterocycles. The molecule has 10 rings (SSSR count). The van der Waals surface area contributed by atoms with Gasteiger partial charge in [-0.15, -0.1) is 0 Å². The van der Waals surface area contributed by atoms with Gasteiger partial charge >= 0.3 is 0 Å². The van der Waals surface area contributed by atoms with Crippen molar-refractivity contribution in [1.29, 1.82) is 0 Å². The fourth-order valence-corrected chi connectivity index (χ4v) is 7.22. The van der Waals surface area contributed by atoms with Crippen LogP contribution in [-0.4, -0.2) is 14.5 Å². The SMILES string of the molecule is c1ccc(-c2cccc(-c3nc(-c4ccc5c(c4)c4ccccc4n5-c4ccccc4)c4c(ccc5oc6ccccc6c54)n3)c2)cc1. The minimum atomic E-state index is 0.689. The normalized spacial score (nSPS) is 11.8. The first kappa shape index (κ1) is 26.7. The second-order valence-corrected chi connectivity index (χ2v) is 12.2. The molecule has 224 valence electrons. The fraction of sp³-hybridized carbons (Fsp3) is 0. The van der Waals surface area contributed by atoms with Crippen LogP contribution in [0.2, 0.25) is 0 Å². The predicted octanol–water partition coefficient (Wildman–Crippen LogP) is 11.6. The van der Waals surface area contributed by atoms with Crippen molar-refractivity contribution in [1.82, 2.24) is 14.5 Å². The van der Waals surface area contributed by atoms with E-state index in [1.54, 1.807) is 0 Å². The molecule has 0 fully saturated rings. The molecule has 0 saturated heterocycles. The van der Waals surface area contributed by atoms with Crippen LogP contribution in [0.25, 0.3) is 94.1 Å². The van der Waals surface area contributed by atoms with E-state index in [2.05, 4.69) is 144 Å². The zero-order valence-corrected chi connectivity index (χ0v) is 25.8. The van der Waals surface area contributed by atoms with Gasteiger partial charge in [-0.3, -0.25) is 0 Å². The Morgan fingerprint density at radius 2 is 1.12 bits per heavy atom. The summed E-state index contributed by atoms with van der Waals surface area (Å²) in [5, 5.41) is 5.46. The van der Waals surface area contributed by atoms with Gasteiger partial charge in [-0.1, -0.05) is 109 Å². The van der Waals surface area contributed by atoms with E-state index in [1.165, 1.54) is 16.3 Å². The third-order valence-electron chi connectivity index (χ3n) is 9.39. The molecule has 0 spiro atoms. The number of rotatable bonds is 4. The number of nitrogens with zero attached hydrogens (tertiary/aromatic N) is 3. The summed E-state index contributed by atoms with van der Waals surface area (Å²) < 4.78 is 8.69. The Bertz CT molecular complexity index is 2830. The zero-order chi connectivity index (χ0) is 31.6. The summed E-state index contributed by atoms with van der Waals surface area (Å²) in [6.07, 6.45) is 0. The molecule has 0 N–H and O–H groups in total. The quantitative estimate of drug-likeness (QED) is 0.198. The summed E-state index contributed by atoms with van der Waals surface area (Å²) in [7, 11) is 0. The van der Waals surface area contributed by atoms with Crippen LogP contribution < -0.4 is 0 Å². The van der Waals surface area contributed by atoms with Gasteiger partial charge in [0.05, 0.1) is 22.2 Å². The second kappa shape index (κ2) is 10.5. The van der Waals surface area contributed by atoms with Crippen LogP contribution in [0.4, 0.5) is 0 Å². The number of furan rings is 1. The first-order chi connectivity index (χ1) is 23.8. The van der Waals surface area contributed by atoms with Crippen LogP contribution in [-0.2, 0) is 0 Å². The van der Waals surface area contributed by atoms with Crippen molar-refractivity contribution in [3.8, 4) is 39.5 Å². The van der Waals surface area contributed by atoms with Crippen LogP contribution >= 0.6 is 0 Å². The molecular formula is C44H27N3O. The number of benzene rings is 7. The molecule has 0 atom stereocenters. The predicted molar refractivity (Wildman–Crippen MR) is 197 cm³/mol. The van der Waals surface area contributed by atoms with Crippen molar-refractivity contribution in [2.75, 3.05) is 0 Å². The lowest BCUT2D eigenvalue weighted by molar-refractivity contribution is 0.669. The Morgan fingerprint density at radius 3 is 2.00 bits per heavy atom. The molecule has 0 radical (unpaired) electrons. The van der Waals surface area contributed by atoms with E-state index in [0.717, 1.165) is 72.0 Å². The Hall–Kier alpha value is -6.52. The summed E-state index contributed by atoms with van der Waals surface area (Å²) in [5.41, 5.74) is 11.2. The zero-order valence-electron chi connectivity index (χ0n) is 25.8. The molecule has 48 heavy (non-hydrogen) atoms. The summed E-state index contributed by atoms with van der Waals surface area (Å²) in [5.74, 6) is 0.689. The van der Waals surface area contributed by atoms with Crippen molar-refractivity contribution in [3.05, 3.63) is 164 Å². The highest BCUT2D eigenvalue weighted by molar-refractivity contribution is 6.22. The monoisotopic (exact) mass is 613 g/mol. The molecule has 0 bridgehead atoms. The minimum Gasteiger partial charge on any atom is -0.456 e. The molecule has 0 saturated carbocycles. The largest absolute Gasteiger partial charge is 0.456 e. The van der Waals surface area contributed by atoms with Crippen molar-refractivity contribution in [2.45, 2.75) is 0 Å². The number of para-hydroxylation sites is 3. The Labute approximate surface area is 276 Å². The smallest absolute Gasteiger partial charge is 0.160 e. The van der Waals surface area contributed by atoms with Crippen LogP contribution in [0.3, 0.4) is 0 Å². The van der Waals surface area contributed by atoms with Crippen LogP contribution in [0.1, 0.15) is 0 Å². The molecule has 4 heteroatoms. The van der Waals surface area contributed by atoms with Crippen molar-refractivity contribution in [2.24, 2.45) is 0 Å². The summed E-state index contributed by atoms with van der Waals surface area (Å²) in [6.45, 7) is 0. The Morgan fingerprint density at radius 1 is 0.417 bits per heavy atom. The first-order valence-corrected chi connectivity index (χ1v) is 16.2. The first-order valence-electron chi connectivity index (χ1n) is 16.2. The van der Waals surface area contributed by atoms with E-state index in [0.29, 0.717) is 5.82 Å². The molecule has 0 aliphatic heterocycles. The molecule has 0 unspecified atom stereocenters. The third-order valence-corrected chi connectivity index (χ3v) is 9.39. The van der Waals surface area contributed by atoms with Crippen molar-refractivity contribution >= 4 is 54.6 Å². The molecule has 0 amide bonds. The third kappa shape index (κ3) is 4.10. The van der Waals surface area contributed by atoms with Crippen molar-refractivity contribution in [3.63, 3.8) is 0 Å². The summed E-state index contributed by atoms with van der Waals surface area (Å²) >= 11 is 0. The molecule has 0 aliphatic rings. The maximum absolute atomic E-state index is 6.35. The highest BCUT2D eigenvalue weighted by Crippen LogP contribution is 2.41. The lowest BCUT2D eigenvalue weighted by Gasteiger charge is -2.12. The molecular weight excluding hydrogens is 587 g/mol. The van der Waals surface area contributed by atoms with Crippen LogP contribution in [0, 0.1) is 0 Å². The maximum Gasteiger partial charge on any atom is 0.160 e. The highest BCUT2D eigenvalue weighted by atomic mass is 16.3. The average molecular weight is 614 g/mol. The number of aromatic nitrogens is 3. The van der Waals surface area contributed by atoms with Crippen LogP contribution in [0.5, 0.6) is 0 Å². The lowest BCUT2D eigenvalue weighted by Crippen LogP contribution is -1.96. The molecule has 7 aromatic carbocycles. The van der Waals surface area contributed by atoms with Gasteiger partial charge in [0, 0.05) is 43.7 Å². The molecule has 3 aromatic heterocycles. The van der Waals surface area contributed by atoms with Gasteiger partial charge in [-0.2, -0.15) is 0 Å². The van der Waals surface area contributed by atoms with E-state index in [9.17, 15) is 0 Å². The second-order valence-electron chi connectivity index (χ2n) is 12.2. The molecule has 4 nitrogen and oxygen atoms in total. The van der Waals surface area contributed by atoms with Gasteiger partial charge in [0.2, 0.25) is 0 Å². The van der Waals surface area contributed by atoms with E-state index < -0.39 is 0 Å². The fourth-order valence-electron chi connectivity index (χ4n) is 7.22. The number of fused-ring (bicyclic) bond motifs is 8. The van der Waals surface area contributed by atoms with Gasteiger partial charge < -0.3 is 8.98 Å². The Balaban J connectivity index is 1.28. The van der Waals surface area contributed by atoms with E-state index in [1.807, 2.05) is 24.3 Å². The highest BCUT2D eigenvalue weighted by Gasteiger charge is 2.20. The molecule has 10 aromatic rings. The van der Waals surface area contributed by atoms with Gasteiger partial charge in [0.25, 0.3) is 0 Å². The van der Waals surface area contributed by atoms with E-state index >= 15 is 0 Å². The number of hydrogen-bond donors (Lipinski definition) is 0. The van der Waals surface area contributed by atoms with Crippen LogP contribution in [0.15, 0.2) is 168 Å².